The Morgan fingerprint density at radius 2 is 2.12 bits per heavy atom. The van der Waals surface area contributed by atoms with E-state index in [1.165, 1.54) is 0 Å². The molecule has 5 heteroatoms. The Morgan fingerprint density at radius 3 is 2.88 bits per heavy atom. The molecule has 0 radical (unpaired) electrons. The Bertz CT molecular complexity index is 424. The van der Waals surface area contributed by atoms with Gasteiger partial charge in [0.25, 0.3) is 0 Å². The van der Waals surface area contributed by atoms with Gasteiger partial charge in [-0.1, -0.05) is 0 Å². The predicted molar refractivity (Wildman–Crippen MR) is 64.5 cm³/mol. The number of nitrogens with one attached hydrogen (secondary N) is 2. The van der Waals surface area contributed by atoms with Crippen LogP contribution in [0.1, 0.15) is 0 Å². The monoisotopic (exact) mass is 217 g/mol. The van der Waals surface area contributed by atoms with E-state index in [4.69, 9.17) is 0 Å². The number of aromatic nitrogens is 3. The van der Waals surface area contributed by atoms with Crippen LogP contribution >= 0.6 is 0 Å². The maximum atomic E-state index is 4.13. The van der Waals surface area contributed by atoms with Crippen LogP contribution in [0.3, 0.4) is 0 Å². The summed E-state index contributed by atoms with van der Waals surface area (Å²) in [5, 5.41) is 6.36. The summed E-state index contributed by atoms with van der Waals surface area (Å²) in [6.07, 6.45) is 9.15. The zero-order valence-corrected chi connectivity index (χ0v) is 9.22. The Morgan fingerprint density at radius 1 is 1.25 bits per heavy atom. The zero-order valence-electron chi connectivity index (χ0n) is 9.22. The van der Waals surface area contributed by atoms with Gasteiger partial charge in [0, 0.05) is 32.5 Å². The smallest absolute Gasteiger partial charge is 0.0946 e. The van der Waals surface area contributed by atoms with Crippen LogP contribution in [-0.2, 0) is 6.54 Å². The molecule has 0 aromatic carbocycles. The third kappa shape index (κ3) is 2.73. The Labute approximate surface area is 94.5 Å². The first-order valence-corrected chi connectivity index (χ1v) is 5.21. The van der Waals surface area contributed by atoms with Crippen LogP contribution in [-0.4, -0.2) is 28.1 Å². The summed E-state index contributed by atoms with van der Waals surface area (Å²) < 4.78 is 2.03. The summed E-state index contributed by atoms with van der Waals surface area (Å²) in [5.74, 6) is 0. The van der Waals surface area contributed by atoms with Crippen molar-refractivity contribution in [3.05, 3.63) is 37.2 Å². The van der Waals surface area contributed by atoms with Crippen molar-refractivity contribution >= 4 is 11.4 Å². The third-order valence-corrected chi connectivity index (χ3v) is 2.29. The Balaban J connectivity index is 1.85. The molecule has 2 N–H and O–H groups in total. The number of pyridine rings is 1. The number of rotatable bonds is 5. The van der Waals surface area contributed by atoms with Crippen molar-refractivity contribution in [1.29, 1.82) is 0 Å². The highest BCUT2D eigenvalue weighted by molar-refractivity contribution is 5.53. The van der Waals surface area contributed by atoms with Gasteiger partial charge in [0.05, 0.1) is 30.1 Å². The fraction of sp³-hybridized carbons (Fsp3) is 0.273. The average Bonchev–Trinajstić information content (AvgIpc) is 2.82. The molecule has 0 spiro atoms. The van der Waals surface area contributed by atoms with Crippen molar-refractivity contribution in [2.75, 3.05) is 24.2 Å². The number of hydrogen-bond donors (Lipinski definition) is 2. The molecule has 0 aliphatic carbocycles. The van der Waals surface area contributed by atoms with Gasteiger partial charge in [-0.15, -0.1) is 0 Å². The van der Waals surface area contributed by atoms with Crippen LogP contribution in [0, 0.1) is 0 Å². The van der Waals surface area contributed by atoms with Gasteiger partial charge in [-0.3, -0.25) is 4.98 Å². The van der Waals surface area contributed by atoms with Gasteiger partial charge in [-0.05, 0) is 6.07 Å². The van der Waals surface area contributed by atoms with Crippen molar-refractivity contribution in [1.82, 2.24) is 14.5 Å². The van der Waals surface area contributed by atoms with Gasteiger partial charge in [-0.25, -0.2) is 4.98 Å². The van der Waals surface area contributed by atoms with Crippen molar-refractivity contribution in [2.45, 2.75) is 6.54 Å². The third-order valence-electron chi connectivity index (χ3n) is 2.29. The van der Waals surface area contributed by atoms with Crippen LogP contribution in [0.5, 0.6) is 0 Å². The van der Waals surface area contributed by atoms with E-state index in [1.807, 2.05) is 36.4 Å². The highest BCUT2D eigenvalue weighted by Gasteiger charge is 1.94. The normalized spacial score (nSPS) is 10.1. The molecule has 0 atom stereocenters. The van der Waals surface area contributed by atoms with Gasteiger partial charge in [0.2, 0.25) is 0 Å². The molecule has 2 aromatic heterocycles. The molecule has 0 amide bonds. The molecule has 0 aliphatic rings. The first-order chi connectivity index (χ1) is 7.88. The molecular weight excluding hydrogens is 202 g/mol. The Hall–Kier alpha value is -2.04. The molecule has 0 aliphatic heterocycles. The number of nitrogens with zero attached hydrogens (tertiary/aromatic N) is 3. The van der Waals surface area contributed by atoms with Crippen molar-refractivity contribution in [3.8, 4) is 0 Å². The zero-order chi connectivity index (χ0) is 11.2. The minimum Gasteiger partial charge on any atom is -0.387 e. The van der Waals surface area contributed by atoms with E-state index in [9.17, 15) is 0 Å². The first kappa shape index (κ1) is 10.5. The van der Waals surface area contributed by atoms with Crippen LogP contribution in [0.4, 0.5) is 11.4 Å². The maximum Gasteiger partial charge on any atom is 0.0946 e. The lowest BCUT2D eigenvalue weighted by molar-refractivity contribution is 0.727. The van der Waals surface area contributed by atoms with Crippen LogP contribution in [0.2, 0.25) is 0 Å². The maximum absolute atomic E-state index is 4.13. The van der Waals surface area contributed by atoms with Crippen LogP contribution in [0.15, 0.2) is 37.2 Å². The lowest BCUT2D eigenvalue weighted by Gasteiger charge is -2.07. The van der Waals surface area contributed by atoms with Crippen molar-refractivity contribution in [2.24, 2.45) is 0 Å². The highest BCUT2D eigenvalue weighted by atomic mass is 15.0. The van der Waals surface area contributed by atoms with E-state index in [-0.39, 0.29) is 0 Å². The van der Waals surface area contributed by atoms with Crippen LogP contribution in [0.25, 0.3) is 0 Å². The van der Waals surface area contributed by atoms with E-state index in [0.717, 1.165) is 24.5 Å². The summed E-state index contributed by atoms with van der Waals surface area (Å²) in [5.41, 5.74) is 2.03. The number of imidazole rings is 1. The average molecular weight is 217 g/mol. The van der Waals surface area contributed by atoms with Crippen molar-refractivity contribution < 1.29 is 0 Å². The van der Waals surface area contributed by atoms with Gasteiger partial charge in [0.15, 0.2) is 0 Å². The molecule has 2 aromatic rings. The van der Waals surface area contributed by atoms with Gasteiger partial charge >= 0.3 is 0 Å². The second-order valence-electron chi connectivity index (χ2n) is 3.44. The van der Waals surface area contributed by atoms with Crippen molar-refractivity contribution in [3.63, 3.8) is 0 Å². The summed E-state index contributed by atoms with van der Waals surface area (Å²) >= 11 is 0. The van der Waals surface area contributed by atoms with E-state index < -0.39 is 0 Å². The Kier molecular flexibility index (Phi) is 3.38. The topological polar surface area (TPSA) is 54.8 Å². The van der Waals surface area contributed by atoms with Gasteiger partial charge < -0.3 is 15.2 Å². The molecule has 0 bridgehead atoms. The molecule has 2 rings (SSSR count). The quantitative estimate of drug-likeness (QED) is 0.795. The van der Waals surface area contributed by atoms with Gasteiger partial charge in [-0.2, -0.15) is 0 Å². The van der Waals surface area contributed by atoms with E-state index in [0.29, 0.717) is 0 Å². The first-order valence-electron chi connectivity index (χ1n) is 5.21. The molecule has 16 heavy (non-hydrogen) atoms. The molecule has 5 nitrogen and oxygen atoms in total. The number of anilines is 2. The lowest BCUT2D eigenvalue weighted by Crippen LogP contribution is -2.09. The highest BCUT2D eigenvalue weighted by Crippen LogP contribution is 2.11. The second kappa shape index (κ2) is 5.16. The fourth-order valence-corrected chi connectivity index (χ4v) is 1.42. The molecular formula is C11H15N5. The summed E-state index contributed by atoms with van der Waals surface area (Å²) in [6, 6.07) is 2.03. The van der Waals surface area contributed by atoms with E-state index >= 15 is 0 Å². The molecule has 0 unspecified atom stereocenters. The second-order valence-corrected chi connectivity index (χ2v) is 3.44. The fourth-order valence-electron chi connectivity index (χ4n) is 1.42. The predicted octanol–water partition coefficient (Wildman–Crippen LogP) is 1.43. The molecule has 84 valence electrons. The minimum atomic E-state index is 0.852. The molecule has 0 saturated heterocycles. The number of hydrogen-bond acceptors (Lipinski definition) is 4. The summed E-state index contributed by atoms with van der Waals surface area (Å²) in [4.78, 5) is 8.12. The molecule has 0 saturated carbocycles. The minimum absolute atomic E-state index is 0.852. The lowest BCUT2D eigenvalue weighted by atomic mass is 10.3. The SMILES string of the molecule is CNc1cncc(NCCn2ccnc2)c1. The largest absolute Gasteiger partial charge is 0.387 e. The standard InChI is InChI=1S/C11H15N5/c1-12-10-6-11(8-14-7-10)15-3-5-16-4-2-13-9-16/h2,4,6-9,12,15H,3,5H2,1H3. The van der Waals surface area contributed by atoms with E-state index in [1.54, 1.807) is 12.4 Å². The summed E-state index contributed by atoms with van der Waals surface area (Å²) in [7, 11) is 1.88. The molecule has 2 heterocycles. The summed E-state index contributed by atoms with van der Waals surface area (Å²) in [6.45, 7) is 1.75. The van der Waals surface area contributed by atoms with E-state index in [2.05, 4.69) is 20.6 Å². The van der Waals surface area contributed by atoms with Gasteiger partial charge in [0.1, 0.15) is 0 Å². The molecule has 0 fully saturated rings. The van der Waals surface area contributed by atoms with Crippen LogP contribution < -0.4 is 10.6 Å².